The lowest BCUT2D eigenvalue weighted by atomic mass is 9.93. The summed E-state index contributed by atoms with van der Waals surface area (Å²) in [4.78, 5) is 6.59. The zero-order valence-corrected chi connectivity index (χ0v) is 16.0. The van der Waals surface area contributed by atoms with Crippen LogP contribution >= 0.6 is 0 Å². The fourth-order valence-corrected chi connectivity index (χ4v) is 3.91. The highest BCUT2D eigenvalue weighted by Crippen LogP contribution is 2.38. The number of hydrogen-bond donors (Lipinski definition) is 0. The molecule has 2 aromatic heterocycles. The quantitative estimate of drug-likeness (QED) is 0.698. The molecule has 0 radical (unpaired) electrons. The van der Waals surface area contributed by atoms with Crippen LogP contribution in [0.5, 0.6) is 5.75 Å². The van der Waals surface area contributed by atoms with E-state index in [0.29, 0.717) is 17.2 Å². The summed E-state index contributed by atoms with van der Waals surface area (Å²) in [5.41, 5.74) is 3.60. The number of aryl methyl sites for hydroxylation is 1. The molecule has 28 heavy (non-hydrogen) atoms. The van der Waals surface area contributed by atoms with Gasteiger partial charge in [0.2, 0.25) is 0 Å². The molecule has 0 amide bonds. The number of nitrogens with zero attached hydrogens (tertiary/aromatic N) is 6. The second-order valence-corrected chi connectivity index (χ2v) is 6.99. The van der Waals surface area contributed by atoms with E-state index in [9.17, 15) is 5.26 Å². The molecule has 3 aromatic rings. The van der Waals surface area contributed by atoms with Crippen molar-refractivity contribution in [2.75, 3.05) is 25.1 Å². The van der Waals surface area contributed by atoms with Gasteiger partial charge in [0.1, 0.15) is 24.0 Å². The van der Waals surface area contributed by atoms with E-state index >= 15 is 0 Å². The van der Waals surface area contributed by atoms with Gasteiger partial charge in [0.05, 0.1) is 24.6 Å². The van der Waals surface area contributed by atoms with Gasteiger partial charge in [-0.25, -0.2) is 0 Å². The van der Waals surface area contributed by atoms with Crippen molar-refractivity contribution in [2.24, 2.45) is 7.05 Å². The molecule has 3 heterocycles. The first-order chi connectivity index (χ1) is 13.7. The van der Waals surface area contributed by atoms with Crippen molar-refractivity contribution < 1.29 is 4.74 Å². The van der Waals surface area contributed by atoms with E-state index in [-0.39, 0.29) is 0 Å². The van der Waals surface area contributed by atoms with E-state index in [4.69, 9.17) is 4.74 Å². The van der Waals surface area contributed by atoms with Crippen molar-refractivity contribution in [1.82, 2.24) is 19.7 Å². The molecule has 0 spiro atoms. The van der Waals surface area contributed by atoms with Crippen LogP contribution in [0.25, 0.3) is 11.1 Å². The van der Waals surface area contributed by atoms with Crippen LogP contribution in [0.3, 0.4) is 0 Å². The molecular weight excluding hydrogens is 352 g/mol. The number of ether oxygens (including phenoxy) is 1. The van der Waals surface area contributed by atoms with Crippen LogP contribution in [0.15, 0.2) is 43.0 Å². The molecule has 1 saturated heterocycles. The van der Waals surface area contributed by atoms with Gasteiger partial charge >= 0.3 is 0 Å². The Morgan fingerprint density at radius 1 is 1.21 bits per heavy atom. The number of aromatic nitrogens is 4. The minimum atomic E-state index is 0.389. The molecule has 0 aliphatic carbocycles. The Kier molecular flexibility index (Phi) is 4.94. The molecule has 1 aliphatic rings. The summed E-state index contributed by atoms with van der Waals surface area (Å²) in [6, 6.07) is 10.2. The van der Waals surface area contributed by atoms with Crippen LogP contribution in [-0.4, -0.2) is 39.9 Å². The summed E-state index contributed by atoms with van der Waals surface area (Å²) >= 11 is 0. The molecule has 0 unspecified atom stereocenters. The van der Waals surface area contributed by atoms with Crippen LogP contribution < -0.4 is 9.64 Å². The fourth-order valence-electron chi connectivity index (χ4n) is 3.91. The molecule has 7 heteroatoms. The smallest absolute Gasteiger partial charge is 0.137 e. The normalized spacial score (nSPS) is 14.7. The third-order valence-corrected chi connectivity index (χ3v) is 5.34. The summed E-state index contributed by atoms with van der Waals surface area (Å²) < 4.78 is 7.33. The van der Waals surface area contributed by atoms with Crippen molar-refractivity contribution in [1.29, 1.82) is 5.26 Å². The minimum Gasteiger partial charge on any atom is -0.495 e. The molecule has 0 bridgehead atoms. The lowest BCUT2D eigenvalue weighted by molar-refractivity contribution is 0.413. The molecule has 142 valence electrons. The Hall–Kier alpha value is -3.40. The third kappa shape index (κ3) is 3.29. The molecule has 1 aliphatic heterocycles. The first kappa shape index (κ1) is 18.0. The maximum atomic E-state index is 9.72. The van der Waals surface area contributed by atoms with Crippen molar-refractivity contribution in [2.45, 2.75) is 18.8 Å². The van der Waals surface area contributed by atoms with Gasteiger partial charge in [-0.1, -0.05) is 12.1 Å². The highest BCUT2D eigenvalue weighted by molar-refractivity contribution is 5.83. The molecule has 0 atom stereocenters. The van der Waals surface area contributed by atoms with Crippen LogP contribution in [0.1, 0.15) is 30.1 Å². The van der Waals surface area contributed by atoms with Gasteiger partial charge in [0.25, 0.3) is 0 Å². The van der Waals surface area contributed by atoms with Crippen LogP contribution in [0, 0.1) is 11.3 Å². The summed E-state index contributed by atoms with van der Waals surface area (Å²) in [5, 5.41) is 18.0. The lowest BCUT2D eigenvalue weighted by Gasteiger charge is -2.35. The standard InChI is InChI=1S/C21H22N6O/c1-26-14-24-25-21(26)15-6-8-27(9-7-15)20-16(11-22)4-3-5-19(20)17-10-18(28-2)13-23-12-17/h3-5,10,12-15H,6-9H2,1-2H3. The zero-order chi connectivity index (χ0) is 19.5. The van der Waals surface area contributed by atoms with E-state index < -0.39 is 0 Å². The average molecular weight is 374 g/mol. The van der Waals surface area contributed by atoms with Crippen molar-refractivity contribution >= 4 is 5.69 Å². The Balaban J connectivity index is 1.66. The predicted molar refractivity (Wildman–Crippen MR) is 106 cm³/mol. The predicted octanol–water partition coefficient (Wildman–Crippen LogP) is 3.14. The van der Waals surface area contributed by atoms with Gasteiger partial charge in [-0.2, -0.15) is 5.26 Å². The monoisotopic (exact) mass is 374 g/mol. The van der Waals surface area contributed by atoms with E-state index in [1.165, 1.54) is 0 Å². The Labute approximate surface area is 164 Å². The van der Waals surface area contributed by atoms with E-state index in [0.717, 1.165) is 48.6 Å². The number of rotatable bonds is 4. The first-order valence-corrected chi connectivity index (χ1v) is 9.32. The summed E-state index contributed by atoms with van der Waals surface area (Å²) in [6.07, 6.45) is 7.20. The second kappa shape index (κ2) is 7.69. The largest absolute Gasteiger partial charge is 0.495 e. The van der Waals surface area contributed by atoms with Crippen LogP contribution in [0.4, 0.5) is 5.69 Å². The fraction of sp³-hybridized carbons (Fsp3) is 0.333. The number of anilines is 1. The molecular formula is C21H22N6O. The molecule has 1 fully saturated rings. The number of hydrogen-bond acceptors (Lipinski definition) is 6. The number of methoxy groups -OCH3 is 1. The van der Waals surface area contributed by atoms with E-state index in [2.05, 4.69) is 26.2 Å². The highest BCUT2D eigenvalue weighted by Gasteiger charge is 2.26. The van der Waals surface area contributed by atoms with Crippen molar-refractivity contribution in [3.8, 4) is 22.9 Å². The lowest BCUT2D eigenvalue weighted by Crippen LogP contribution is -2.34. The van der Waals surface area contributed by atoms with Gasteiger partial charge in [-0.05, 0) is 25.0 Å². The third-order valence-electron chi connectivity index (χ3n) is 5.34. The Morgan fingerprint density at radius 3 is 2.71 bits per heavy atom. The summed E-state index contributed by atoms with van der Waals surface area (Å²) in [6.45, 7) is 1.72. The van der Waals surface area contributed by atoms with Gasteiger partial charge in [0.15, 0.2) is 0 Å². The number of benzene rings is 1. The molecule has 7 nitrogen and oxygen atoms in total. The van der Waals surface area contributed by atoms with Gasteiger partial charge < -0.3 is 14.2 Å². The highest BCUT2D eigenvalue weighted by atomic mass is 16.5. The van der Waals surface area contributed by atoms with Gasteiger partial charge in [-0.15, -0.1) is 10.2 Å². The maximum Gasteiger partial charge on any atom is 0.137 e. The van der Waals surface area contributed by atoms with Crippen molar-refractivity contribution in [3.05, 3.63) is 54.4 Å². The molecule has 0 saturated carbocycles. The van der Waals surface area contributed by atoms with Gasteiger partial charge in [0, 0.05) is 43.4 Å². The number of nitriles is 1. The topological polar surface area (TPSA) is 79.9 Å². The average Bonchev–Trinajstić information content (AvgIpc) is 3.19. The first-order valence-electron chi connectivity index (χ1n) is 9.32. The van der Waals surface area contributed by atoms with E-state index in [1.54, 1.807) is 19.6 Å². The second-order valence-electron chi connectivity index (χ2n) is 6.99. The number of pyridine rings is 1. The van der Waals surface area contributed by atoms with Gasteiger partial charge in [-0.3, -0.25) is 4.98 Å². The van der Waals surface area contributed by atoms with Crippen molar-refractivity contribution in [3.63, 3.8) is 0 Å². The molecule has 0 N–H and O–H groups in total. The summed E-state index contributed by atoms with van der Waals surface area (Å²) in [5.74, 6) is 2.12. The maximum absolute atomic E-state index is 9.72. The summed E-state index contributed by atoms with van der Waals surface area (Å²) in [7, 11) is 3.62. The number of piperidine rings is 1. The molecule has 4 rings (SSSR count). The van der Waals surface area contributed by atoms with E-state index in [1.807, 2.05) is 42.1 Å². The number of para-hydroxylation sites is 1. The van der Waals surface area contributed by atoms with Crippen LogP contribution in [0.2, 0.25) is 0 Å². The molecule has 1 aromatic carbocycles. The Bertz CT molecular complexity index is 1010. The SMILES string of the molecule is COc1cncc(-c2cccc(C#N)c2N2CCC(c3nncn3C)CC2)c1. The zero-order valence-electron chi connectivity index (χ0n) is 16.0. The minimum absolute atomic E-state index is 0.389. The van der Waals surface area contributed by atoms with Crippen LogP contribution in [-0.2, 0) is 7.05 Å². The Morgan fingerprint density at radius 2 is 2.04 bits per heavy atom.